The molecule has 4 heteroatoms. The van der Waals surface area contributed by atoms with Crippen LogP contribution in [0.3, 0.4) is 0 Å². The summed E-state index contributed by atoms with van der Waals surface area (Å²) in [5.41, 5.74) is 1.38. The van der Waals surface area contributed by atoms with E-state index < -0.39 is 0 Å². The number of furan rings is 1. The van der Waals surface area contributed by atoms with Crippen molar-refractivity contribution in [2.75, 3.05) is 6.54 Å². The Kier molecular flexibility index (Phi) is 5.53. The zero-order valence-electron chi connectivity index (χ0n) is 12.5. The number of nitrogens with one attached hydrogen (secondary N) is 1. The number of hydrogen-bond acceptors (Lipinski definition) is 3. The van der Waals surface area contributed by atoms with Crippen LogP contribution in [0.4, 0.5) is 4.39 Å². The summed E-state index contributed by atoms with van der Waals surface area (Å²) in [5, 5.41) is 12.7. The van der Waals surface area contributed by atoms with Crippen LogP contribution in [0.2, 0.25) is 0 Å². The van der Waals surface area contributed by atoms with E-state index in [0.717, 1.165) is 30.7 Å². The fourth-order valence-corrected chi connectivity index (χ4v) is 2.18. The molecule has 21 heavy (non-hydrogen) atoms. The Morgan fingerprint density at radius 3 is 2.86 bits per heavy atom. The first kappa shape index (κ1) is 15.7. The minimum atomic E-state index is -0.250. The molecule has 0 aliphatic heterocycles. The summed E-state index contributed by atoms with van der Waals surface area (Å²) in [4.78, 5) is 0. The highest BCUT2D eigenvalue weighted by Crippen LogP contribution is 2.26. The van der Waals surface area contributed by atoms with Crippen LogP contribution in [0.5, 0.6) is 0 Å². The molecule has 0 saturated heterocycles. The van der Waals surface area contributed by atoms with E-state index in [0.29, 0.717) is 17.9 Å². The molecule has 0 aliphatic carbocycles. The highest BCUT2D eigenvalue weighted by molar-refractivity contribution is 5.62. The van der Waals surface area contributed by atoms with Crippen molar-refractivity contribution in [3.8, 4) is 11.3 Å². The summed E-state index contributed by atoms with van der Waals surface area (Å²) in [7, 11) is 0. The molecule has 1 aromatic carbocycles. The first-order valence-electron chi connectivity index (χ1n) is 7.34. The van der Waals surface area contributed by atoms with E-state index in [1.807, 2.05) is 25.1 Å². The van der Waals surface area contributed by atoms with E-state index in [9.17, 15) is 9.50 Å². The Morgan fingerprint density at radius 1 is 1.29 bits per heavy atom. The standard InChI is InChI=1S/C17H22FNO2/c1-3-13(20)9-10-19-11-14-7-8-17(21-14)15-5-4-6-16(18)12(15)2/h4-8,13,19-20H,3,9-11H2,1-2H3/t13-/m0/s1. The quantitative estimate of drug-likeness (QED) is 0.765. The van der Waals surface area contributed by atoms with Gasteiger partial charge in [-0.05, 0) is 50.1 Å². The molecule has 3 nitrogen and oxygen atoms in total. The first-order chi connectivity index (χ1) is 10.1. The van der Waals surface area contributed by atoms with E-state index >= 15 is 0 Å². The Bertz CT molecular complexity index is 580. The second-order valence-electron chi connectivity index (χ2n) is 5.21. The highest BCUT2D eigenvalue weighted by atomic mass is 19.1. The van der Waals surface area contributed by atoms with Crippen LogP contribution in [0.25, 0.3) is 11.3 Å². The fraction of sp³-hybridized carbons (Fsp3) is 0.412. The summed E-state index contributed by atoms with van der Waals surface area (Å²) in [6.07, 6.45) is 1.25. The summed E-state index contributed by atoms with van der Waals surface area (Å²) < 4.78 is 19.3. The zero-order chi connectivity index (χ0) is 15.2. The Balaban J connectivity index is 1.94. The highest BCUT2D eigenvalue weighted by Gasteiger charge is 2.10. The van der Waals surface area contributed by atoms with Crippen LogP contribution in [-0.2, 0) is 6.54 Å². The van der Waals surface area contributed by atoms with Crippen molar-refractivity contribution in [1.82, 2.24) is 5.32 Å². The number of halogens is 1. The number of rotatable bonds is 7. The van der Waals surface area contributed by atoms with Gasteiger partial charge in [0.15, 0.2) is 0 Å². The molecule has 0 spiro atoms. The van der Waals surface area contributed by atoms with Crippen molar-refractivity contribution in [2.45, 2.75) is 39.3 Å². The SMILES string of the molecule is CC[C@H](O)CCNCc1ccc(-c2cccc(F)c2C)o1. The number of hydrogen-bond donors (Lipinski definition) is 2. The van der Waals surface area contributed by atoms with Gasteiger partial charge in [0.25, 0.3) is 0 Å². The van der Waals surface area contributed by atoms with Crippen LogP contribution in [0.1, 0.15) is 31.1 Å². The van der Waals surface area contributed by atoms with Crippen LogP contribution in [0, 0.1) is 12.7 Å². The largest absolute Gasteiger partial charge is 0.460 e. The van der Waals surface area contributed by atoms with Crippen molar-refractivity contribution in [3.63, 3.8) is 0 Å². The van der Waals surface area contributed by atoms with Crippen LogP contribution in [0.15, 0.2) is 34.7 Å². The minimum absolute atomic E-state index is 0.225. The van der Waals surface area contributed by atoms with E-state index in [2.05, 4.69) is 5.32 Å². The molecule has 2 rings (SSSR count). The van der Waals surface area contributed by atoms with Gasteiger partial charge in [0.2, 0.25) is 0 Å². The molecule has 0 unspecified atom stereocenters. The molecule has 0 radical (unpaired) electrons. The van der Waals surface area contributed by atoms with Crippen molar-refractivity contribution in [3.05, 3.63) is 47.5 Å². The Hall–Kier alpha value is -1.65. The van der Waals surface area contributed by atoms with E-state index in [4.69, 9.17) is 4.42 Å². The molecule has 0 bridgehead atoms. The van der Waals surface area contributed by atoms with E-state index in [1.54, 1.807) is 13.0 Å². The average molecular weight is 291 g/mol. The molecule has 0 saturated carbocycles. The van der Waals surface area contributed by atoms with Gasteiger partial charge >= 0.3 is 0 Å². The van der Waals surface area contributed by atoms with Crippen molar-refractivity contribution in [2.24, 2.45) is 0 Å². The number of aliphatic hydroxyl groups excluding tert-OH is 1. The molecule has 1 atom stereocenters. The van der Waals surface area contributed by atoms with Crippen molar-refractivity contribution < 1.29 is 13.9 Å². The lowest BCUT2D eigenvalue weighted by atomic mass is 10.1. The molecule has 1 aromatic heterocycles. The van der Waals surface area contributed by atoms with Crippen LogP contribution < -0.4 is 5.32 Å². The Labute approximate surface area is 124 Å². The number of aliphatic hydroxyl groups is 1. The number of benzene rings is 1. The molecule has 2 aromatic rings. The predicted octanol–water partition coefficient (Wildman–Crippen LogP) is 3.64. The molecular formula is C17H22FNO2. The first-order valence-corrected chi connectivity index (χ1v) is 7.34. The van der Waals surface area contributed by atoms with Crippen molar-refractivity contribution >= 4 is 0 Å². The van der Waals surface area contributed by atoms with E-state index in [-0.39, 0.29) is 11.9 Å². The third kappa shape index (κ3) is 4.16. The lowest BCUT2D eigenvalue weighted by molar-refractivity contribution is 0.159. The normalized spacial score (nSPS) is 12.6. The van der Waals surface area contributed by atoms with Crippen molar-refractivity contribution in [1.29, 1.82) is 0 Å². The van der Waals surface area contributed by atoms with Crippen LogP contribution in [-0.4, -0.2) is 17.8 Å². The molecular weight excluding hydrogens is 269 g/mol. The third-order valence-corrected chi connectivity index (χ3v) is 3.62. The second kappa shape index (κ2) is 7.38. The van der Waals surface area contributed by atoms with Gasteiger partial charge in [-0.15, -0.1) is 0 Å². The summed E-state index contributed by atoms with van der Waals surface area (Å²) in [5.74, 6) is 1.26. The maximum atomic E-state index is 13.6. The van der Waals surface area contributed by atoms with Gasteiger partial charge in [-0.3, -0.25) is 0 Å². The lowest BCUT2D eigenvalue weighted by Crippen LogP contribution is -2.19. The molecule has 0 aliphatic rings. The summed E-state index contributed by atoms with van der Waals surface area (Å²) in [6.45, 7) is 5.05. The molecule has 1 heterocycles. The lowest BCUT2D eigenvalue weighted by Gasteiger charge is -2.07. The smallest absolute Gasteiger partial charge is 0.134 e. The summed E-state index contributed by atoms with van der Waals surface area (Å²) >= 11 is 0. The maximum absolute atomic E-state index is 13.6. The third-order valence-electron chi connectivity index (χ3n) is 3.62. The van der Waals surface area contributed by atoms with Gasteiger partial charge < -0.3 is 14.8 Å². The van der Waals surface area contributed by atoms with Gasteiger partial charge in [0.05, 0.1) is 12.6 Å². The summed E-state index contributed by atoms with van der Waals surface area (Å²) in [6, 6.07) is 8.74. The topological polar surface area (TPSA) is 45.4 Å². The zero-order valence-corrected chi connectivity index (χ0v) is 12.5. The maximum Gasteiger partial charge on any atom is 0.134 e. The van der Waals surface area contributed by atoms with Crippen LogP contribution >= 0.6 is 0 Å². The van der Waals surface area contributed by atoms with Gasteiger partial charge in [-0.1, -0.05) is 19.1 Å². The Morgan fingerprint density at radius 2 is 2.10 bits per heavy atom. The van der Waals surface area contributed by atoms with Gasteiger partial charge in [0.1, 0.15) is 17.3 Å². The predicted molar refractivity (Wildman–Crippen MR) is 81.5 cm³/mol. The molecule has 0 amide bonds. The average Bonchev–Trinajstić information content (AvgIpc) is 2.95. The molecule has 0 fully saturated rings. The van der Waals surface area contributed by atoms with Gasteiger partial charge in [0, 0.05) is 5.56 Å². The van der Waals surface area contributed by atoms with Gasteiger partial charge in [-0.25, -0.2) is 4.39 Å². The second-order valence-corrected chi connectivity index (χ2v) is 5.21. The monoisotopic (exact) mass is 291 g/mol. The van der Waals surface area contributed by atoms with E-state index in [1.165, 1.54) is 6.07 Å². The van der Waals surface area contributed by atoms with Gasteiger partial charge in [-0.2, -0.15) is 0 Å². The fourth-order valence-electron chi connectivity index (χ4n) is 2.18. The minimum Gasteiger partial charge on any atom is -0.460 e. The molecule has 2 N–H and O–H groups in total. The molecule has 114 valence electrons.